The monoisotopic (exact) mass is 500 g/mol. The van der Waals surface area contributed by atoms with E-state index in [0.29, 0.717) is 33.9 Å². The van der Waals surface area contributed by atoms with Gasteiger partial charge in [0.1, 0.15) is 23.3 Å². The molecule has 0 unspecified atom stereocenters. The molecule has 0 spiro atoms. The van der Waals surface area contributed by atoms with E-state index in [1.165, 1.54) is 17.0 Å². The Morgan fingerprint density at radius 3 is 2.33 bits per heavy atom. The number of carbonyl (C=O) groups excluding carboxylic acids is 1. The van der Waals surface area contributed by atoms with Crippen LogP contribution in [0.5, 0.6) is 5.75 Å². The first-order valence-corrected chi connectivity index (χ1v) is 12.6. The van der Waals surface area contributed by atoms with E-state index in [2.05, 4.69) is 18.7 Å². The van der Waals surface area contributed by atoms with Crippen LogP contribution in [0.4, 0.5) is 13.2 Å². The number of hydrogen-bond donors (Lipinski definition) is 0. The van der Waals surface area contributed by atoms with E-state index in [-0.39, 0.29) is 37.8 Å². The summed E-state index contributed by atoms with van der Waals surface area (Å²) in [6.45, 7) is 6.25. The summed E-state index contributed by atoms with van der Waals surface area (Å²) in [5.41, 5.74) is 1.62. The number of carbonyl (C=O) groups is 1. The van der Waals surface area contributed by atoms with Gasteiger partial charge in [-0.15, -0.1) is 0 Å². The number of nitrogens with zero attached hydrogens (tertiary/aromatic N) is 2. The third kappa shape index (κ3) is 5.09. The topological polar surface area (TPSA) is 45.9 Å². The second-order valence-corrected chi connectivity index (χ2v) is 10.1. The predicted octanol–water partition coefficient (Wildman–Crippen LogP) is 6.36. The molecule has 0 bridgehead atoms. The Morgan fingerprint density at radius 1 is 1.03 bits per heavy atom. The van der Waals surface area contributed by atoms with Crippen LogP contribution in [0.2, 0.25) is 0 Å². The lowest BCUT2D eigenvalue weighted by Gasteiger charge is -2.34. The molecular formula is C28H31F3N2O3. The van der Waals surface area contributed by atoms with Crippen molar-refractivity contribution in [2.24, 2.45) is 0 Å². The fourth-order valence-electron chi connectivity index (χ4n) is 5.09. The van der Waals surface area contributed by atoms with E-state index in [1.54, 1.807) is 18.2 Å². The van der Waals surface area contributed by atoms with Gasteiger partial charge in [0.2, 0.25) is 5.76 Å². The fourth-order valence-corrected chi connectivity index (χ4v) is 5.09. The highest BCUT2D eigenvalue weighted by atomic mass is 19.3. The molecule has 2 fully saturated rings. The number of piperidine rings is 2. The average molecular weight is 501 g/mol. The van der Waals surface area contributed by atoms with Crippen LogP contribution in [0.1, 0.15) is 50.1 Å². The molecule has 3 aromatic rings. The van der Waals surface area contributed by atoms with Crippen LogP contribution in [-0.4, -0.2) is 60.0 Å². The number of benzene rings is 2. The zero-order chi connectivity index (χ0) is 25.4. The molecule has 3 heterocycles. The number of alkyl halides is 2. The maximum Gasteiger partial charge on any atom is 0.290 e. The van der Waals surface area contributed by atoms with Crippen LogP contribution < -0.4 is 4.74 Å². The van der Waals surface area contributed by atoms with Gasteiger partial charge in [-0.2, -0.15) is 0 Å². The average Bonchev–Trinajstić information content (AvgIpc) is 3.23. The van der Waals surface area contributed by atoms with E-state index >= 15 is 0 Å². The Bertz CT molecular complexity index is 1220. The lowest BCUT2D eigenvalue weighted by atomic mass is 10.00. The highest BCUT2D eigenvalue weighted by Gasteiger charge is 2.37. The van der Waals surface area contributed by atoms with Crippen molar-refractivity contribution in [2.75, 3.05) is 26.2 Å². The van der Waals surface area contributed by atoms with E-state index in [9.17, 15) is 18.0 Å². The van der Waals surface area contributed by atoms with E-state index in [0.717, 1.165) is 25.9 Å². The Hall–Kier alpha value is -3.00. The summed E-state index contributed by atoms with van der Waals surface area (Å²) >= 11 is 0. The van der Waals surface area contributed by atoms with Crippen LogP contribution in [0.3, 0.4) is 0 Å². The summed E-state index contributed by atoms with van der Waals surface area (Å²) in [4.78, 5) is 17.2. The highest BCUT2D eigenvalue weighted by molar-refractivity contribution is 6.08. The molecule has 0 aliphatic carbocycles. The summed E-state index contributed by atoms with van der Waals surface area (Å²) in [5, 5.41) is 0.689. The fraction of sp³-hybridized carbons (Fsp3) is 0.464. The third-order valence-electron chi connectivity index (χ3n) is 7.28. The molecule has 2 aliphatic rings. The summed E-state index contributed by atoms with van der Waals surface area (Å²) < 4.78 is 53.3. The minimum atomic E-state index is -2.76. The number of rotatable bonds is 5. The molecule has 36 heavy (non-hydrogen) atoms. The second-order valence-electron chi connectivity index (χ2n) is 10.1. The van der Waals surface area contributed by atoms with Gasteiger partial charge in [-0.05, 0) is 56.5 Å². The minimum absolute atomic E-state index is 0.0465. The molecule has 0 atom stereocenters. The lowest BCUT2D eigenvalue weighted by Crippen LogP contribution is -2.42. The molecule has 192 valence electrons. The number of furan rings is 1. The molecule has 2 saturated heterocycles. The van der Waals surface area contributed by atoms with Gasteiger partial charge in [0.25, 0.3) is 11.8 Å². The Morgan fingerprint density at radius 2 is 1.69 bits per heavy atom. The normalized spacial score (nSPS) is 19.2. The molecule has 0 radical (unpaired) electrons. The Kier molecular flexibility index (Phi) is 6.72. The lowest BCUT2D eigenvalue weighted by molar-refractivity contribution is -0.0498. The summed E-state index contributed by atoms with van der Waals surface area (Å²) in [6.07, 6.45) is 1.20. The van der Waals surface area contributed by atoms with Crippen molar-refractivity contribution in [1.82, 2.24) is 9.80 Å². The number of ether oxygens (including phenoxy) is 1. The molecule has 0 N–H and O–H groups in total. The molecule has 5 nitrogen and oxygen atoms in total. The standard InChI is InChI=1S/C28H31F3N2O3/c1-18(2)32-13-9-21(10-14-32)35-22-7-8-23-24(17-22)36-26(25(23)19-3-5-20(29)6-4-19)27(34)33-15-11-28(30,31)12-16-33/h3-8,17-18,21H,9-16H2,1-2H3. The van der Waals surface area contributed by atoms with Gasteiger partial charge in [-0.3, -0.25) is 4.79 Å². The summed E-state index contributed by atoms with van der Waals surface area (Å²) in [6, 6.07) is 11.8. The maximum atomic E-state index is 13.7. The van der Waals surface area contributed by atoms with Gasteiger partial charge in [-0.1, -0.05) is 12.1 Å². The molecule has 1 aromatic heterocycles. The number of amides is 1. The van der Waals surface area contributed by atoms with Gasteiger partial charge in [0.05, 0.1) is 0 Å². The zero-order valence-electron chi connectivity index (χ0n) is 20.6. The Labute approximate surface area is 208 Å². The first-order valence-electron chi connectivity index (χ1n) is 12.6. The number of fused-ring (bicyclic) bond motifs is 1. The van der Waals surface area contributed by atoms with Crippen molar-refractivity contribution in [3.63, 3.8) is 0 Å². The summed E-state index contributed by atoms with van der Waals surface area (Å²) in [5.74, 6) is -2.87. The van der Waals surface area contributed by atoms with E-state index in [1.807, 2.05) is 12.1 Å². The van der Waals surface area contributed by atoms with Gasteiger partial charge >= 0.3 is 0 Å². The third-order valence-corrected chi connectivity index (χ3v) is 7.28. The molecule has 0 saturated carbocycles. The number of hydrogen-bond acceptors (Lipinski definition) is 4. The van der Waals surface area contributed by atoms with Gasteiger partial charge < -0.3 is 19.0 Å². The maximum absolute atomic E-state index is 13.7. The van der Waals surface area contributed by atoms with Crippen molar-refractivity contribution in [3.8, 4) is 16.9 Å². The van der Waals surface area contributed by atoms with Crippen LogP contribution in [0.25, 0.3) is 22.1 Å². The van der Waals surface area contributed by atoms with Gasteiger partial charge in [-0.25, -0.2) is 13.2 Å². The first-order chi connectivity index (χ1) is 17.2. The SMILES string of the molecule is CC(C)N1CCC(Oc2ccc3c(-c4ccc(F)cc4)c(C(=O)N4CCC(F)(F)CC4)oc3c2)CC1. The van der Waals surface area contributed by atoms with E-state index < -0.39 is 17.6 Å². The van der Waals surface area contributed by atoms with Crippen LogP contribution in [0.15, 0.2) is 46.9 Å². The summed E-state index contributed by atoms with van der Waals surface area (Å²) in [7, 11) is 0. The number of likely N-dealkylation sites (tertiary alicyclic amines) is 2. The van der Waals surface area contributed by atoms with Gasteiger partial charge in [0, 0.05) is 62.1 Å². The van der Waals surface area contributed by atoms with Gasteiger partial charge in [0.15, 0.2) is 0 Å². The van der Waals surface area contributed by atoms with Crippen molar-refractivity contribution in [3.05, 3.63) is 54.0 Å². The smallest absolute Gasteiger partial charge is 0.290 e. The molecule has 2 aromatic carbocycles. The Balaban J connectivity index is 1.45. The number of halogens is 3. The van der Waals surface area contributed by atoms with Crippen LogP contribution in [-0.2, 0) is 0 Å². The zero-order valence-corrected chi connectivity index (χ0v) is 20.6. The molecule has 8 heteroatoms. The predicted molar refractivity (Wildman–Crippen MR) is 132 cm³/mol. The molecular weight excluding hydrogens is 469 g/mol. The van der Waals surface area contributed by atoms with Crippen molar-refractivity contribution in [1.29, 1.82) is 0 Å². The van der Waals surface area contributed by atoms with Crippen molar-refractivity contribution >= 4 is 16.9 Å². The molecule has 1 amide bonds. The second kappa shape index (κ2) is 9.81. The van der Waals surface area contributed by atoms with E-state index in [4.69, 9.17) is 9.15 Å². The van der Waals surface area contributed by atoms with Crippen LogP contribution in [0, 0.1) is 5.82 Å². The minimum Gasteiger partial charge on any atom is -0.490 e. The largest absolute Gasteiger partial charge is 0.490 e. The van der Waals surface area contributed by atoms with Crippen molar-refractivity contribution in [2.45, 2.75) is 57.6 Å². The molecule has 2 aliphatic heterocycles. The first kappa shape index (κ1) is 24.7. The quantitative estimate of drug-likeness (QED) is 0.409. The highest BCUT2D eigenvalue weighted by Crippen LogP contribution is 2.39. The molecule has 5 rings (SSSR count). The van der Waals surface area contributed by atoms with Crippen molar-refractivity contribution < 1.29 is 27.1 Å². The van der Waals surface area contributed by atoms with Crippen LogP contribution >= 0.6 is 0 Å².